The van der Waals surface area contributed by atoms with Crippen molar-refractivity contribution in [1.82, 2.24) is 0 Å². The average molecular weight is 331 g/mol. The normalized spacial score (nSPS) is 12.4. The van der Waals surface area contributed by atoms with Gasteiger partial charge >= 0.3 is 0 Å². The summed E-state index contributed by atoms with van der Waals surface area (Å²) in [6.07, 6.45) is 16.2. The summed E-state index contributed by atoms with van der Waals surface area (Å²) < 4.78 is 0. The van der Waals surface area contributed by atoms with Crippen molar-refractivity contribution in [2.75, 3.05) is 6.61 Å². The second kappa shape index (κ2) is 20.0. The third-order valence-electron chi connectivity index (χ3n) is 4.09. The Kier molecular flexibility index (Phi) is 21.8. The fourth-order valence-corrected chi connectivity index (χ4v) is 2.66. The molecule has 0 aliphatic carbocycles. The van der Waals surface area contributed by atoms with Crippen LogP contribution in [0.5, 0.6) is 0 Å². The van der Waals surface area contributed by atoms with Gasteiger partial charge in [0.05, 0.1) is 12.7 Å². The summed E-state index contributed by atoms with van der Waals surface area (Å²) in [6, 6.07) is 0. The van der Waals surface area contributed by atoms with Gasteiger partial charge in [-0.1, -0.05) is 105 Å². The molecule has 0 bridgehead atoms. The van der Waals surface area contributed by atoms with E-state index in [1.165, 1.54) is 70.6 Å². The van der Waals surface area contributed by atoms with Crippen LogP contribution in [0.1, 0.15) is 112 Å². The highest BCUT2D eigenvalue weighted by Crippen LogP contribution is 2.13. The number of aliphatic hydroxyl groups is 2. The van der Waals surface area contributed by atoms with Crippen molar-refractivity contribution in [1.29, 1.82) is 0 Å². The summed E-state index contributed by atoms with van der Waals surface area (Å²) >= 11 is 0. The van der Waals surface area contributed by atoms with Crippen molar-refractivity contribution in [3.05, 3.63) is 0 Å². The zero-order valence-electron chi connectivity index (χ0n) is 16.8. The zero-order valence-corrected chi connectivity index (χ0v) is 16.8. The topological polar surface area (TPSA) is 40.5 Å². The predicted molar refractivity (Wildman–Crippen MR) is 104 cm³/mol. The van der Waals surface area contributed by atoms with Crippen molar-refractivity contribution in [3.8, 4) is 0 Å². The summed E-state index contributed by atoms with van der Waals surface area (Å²) in [4.78, 5) is 0. The van der Waals surface area contributed by atoms with Gasteiger partial charge in [0.25, 0.3) is 0 Å². The minimum absolute atomic E-state index is 0.113. The minimum atomic E-state index is -0.519. The van der Waals surface area contributed by atoms with E-state index >= 15 is 0 Å². The van der Waals surface area contributed by atoms with E-state index in [1.807, 2.05) is 13.8 Å². The Labute approximate surface area is 147 Å². The number of hydrogen-bond acceptors (Lipinski definition) is 2. The van der Waals surface area contributed by atoms with Gasteiger partial charge < -0.3 is 10.2 Å². The molecule has 0 spiro atoms. The lowest BCUT2D eigenvalue weighted by atomic mass is 10.0. The van der Waals surface area contributed by atoms with Crippen molar-refractivity contribution < 1.29 is 10.2 Å². The summed E-state index contributed by atoms with van der Waals surface area (Å²) in [5.74, 6) is 1.37. The lowest BCUT2D eigenvalue weighted by molar-refractivity contribution is 0.0782. The maximum atomic E-state index is 8.78. The van der Waals surface area contributed by atoms with Gasteiger partial charge in [0.1, 0.15) is 0 Å². The first-order chi connectivity index (χ1) is 10.9. The molecule has 0 heterocycles. The van der Waals surface area contributed by atoms with E-state index in [1.54, 1.807) is 0 Å². The smallest absolute Gasteiger partial charge is 0.0773 e. The number of rotatable bonds is 14. The standard InChI is InChI=1S/C15H32.C6H14O2/c1-4-5-6-7-8-9-10-11-12-13-14-15(2)3;1-5(2)3-6(8)4-7/h15H,4-14H2,1-3H3;5-8H,3-4H2,1-2H3. The SMILES string of the molecule is CC(C)CC(O)CO.CCCCCCCCCCCCC(C)C. The molecule has 142 valence electrons. The van der Waals surface area contributed by atoms with Crippen LogP contribution in [-0.2, 0) is 0 Å². The first-order valence-electron chi connectivity index (χ1n) is 10.2. The molecule has 23 heavy (non-hydrogen) atoms. The van der Waals surface area contributed by atoms with E-state index in [4.69, 9.17) is 10.2 Å². The van der Waals surface area contributed by atoms with Crippen molar-refractivity contribution in [2.24, 2.45) is 11.8 Å². The molecular formula is C21H46O2. The molecule has 2 heteroatoms. The molecule has 1 unspecified atom stereocenters. The molecule has 0 aromatic heterocycles. The number of hydrogen-bond donors (Lipinski definition) is 2. The molecule has 1 atom stereocenters. The van der Waals surface area contributed by atoms with Crippen LogP contribution in [0.4, 0.5) is 0 Å². The minimum Gasteiger partial charge on any atom is -0.394 e. The first-order valence-corrected chi connectivity index (χ1v) is 10.2. The summed E-state index contributed by atoms with van der Waals surface area (Å²) in [5.41, 5.74) is 0. The van der Waals surface area contributed by atoms with Crippen LogP contribution in [0.2, 0.25) is 0 Å². The highest BCUT2D eigenvalue weighted by molar-refractivity contribution is 4.54. The lowest BCUT2D eigenvalue weighted by Crippen LogP contribution is -2.14. The van der Waals surface area contributed by atoms with Crippen LogP contribution in [0.3, 0.4) is 0 Å². The average Bonchev–Trinajstić information content (AvgIpc) is 2.49. The molecule has 0 aliphatic heterocycles. The van der Waals surface area contributed by atoms with Crippen molar-refractivity contribution in [3.63, 3.8) is 0 Å². The van der Waals surface area contributed by atoms with E-state index in [0.29, 0.717) is 12.3 Å². The van der Waals surface area contributed by atoms with Crippen molar-refractivity contribution >= 4 is 0 Å². The largest absolute Gasteiger partial charge is 0.394 e. The number of unbranched alkanes of at least 4 members (excludes halogenated alkanes) is 9. The van der Waals surface area contributed by atoms with E-state index in [9.17, 15) is 0 Å². The Bertz CT molecular complexity index is 202. The zero-order chi connectivity index (χ0) is 17.9. The first kappa shape index (κ1) is 25.2. The summed E-state index contributed by atoms with van der Waals surface area (Å²) in [5, 5.41) is 17.1. The van der Waals surface area contributed by atoms with E-state index < -0.39 is 6.10 Å². The fourth-order valence-electron chi connectivity index (χ4n) is 2.66. The molecule has 2 nitrogen and oxygen atoms in total. The predicted octanol–water partition coefficient (Wildman–Crippen LogP) is 6.34. The Morgan fingerprint density at radius 1 is 0.652 bits per heavy atom. The molecule has 0 aromatic rings. The maximum absolute atomic E-state index is 8.78. The van der Waals surface area contributed by atoms with Crippen LogP contribution in [-0.4, -0.2) is 22.9 Å². The van der Waals surface area contributed by atoms with Crippen molar-refractivity contribution in [2.45, 2.75) is 118 Å². The Morgan fingerprint density at radius 3 is 1.39 bits per heavy atom. The molecule has 0 aliphatic rings. The quantitative estimate of drug-likeness (QED) is 0.365. The van der Waals surface area contributed by atoms with Gasteiger partial charge in [-0.15, -0.1) is 0 Å². The maximum Gasteiger partial charge on any atom is 0.0773 e. The van der Waals surface area contributed by atoms with Crippen LogP contribution in [0, 0.1) is 11.8 Å². The molecule has 2 N–H and O–H groups in total. The third kappa shape index (κ3) is 27.1. The molecule has 0 fully saturated rings. The van der Waals surface area contributed by atoms with Crippen LogP contribution >= 0.6 is 0 Å². The fraction of sp³-hybridized carbons (Fsp3) is 1.00. The molecule has 0 saturated heterocycles. The van der Waals surface area contributed by atoms with E-state index in [0.717, 1.165) is 5.92 Å². The molecule has 0 saturated carbocycles. The van der Waals surface area contributed by atoms with E-state index in [-0.39, 0.29) is 6.61 Å². The lowest BCUT2D eigenvalue weighted by Gasteiger charge is -2.08. The van der Waals surface area contributed by atoms with Gasteiger partial charge in [0, 0.05) is 0 Å². The Hall–Kier alpha value is -0.0800. The van der Waals surface area contributed by atoms with Gasteiger partial charge in [-0.2, -0.15) is 0 Å². The second-order valence-electron chi connectivity index (χ2n) is 7.83. The van der Waals surface area contributed by atoms with Crippen LogP contribution in [0.25, 0.3) is 0 Å². The van der Waals surface area contributed by atoms with Gasteiger partial charge in [-0.25, -0.2) is 0 Å². The Morgan fingerprint density at radius 2 is 1.09 bits per heavy atom. The van der Waals surface area contributed by atoms with Gasteiger partial charge in [0.15, 0.2) is 0 Å². The molecule has 0 aromatic carbocycles. The molecular weight excluding hydrogens is 284 g/mol. The second-order valence-corrected chi connectivity index (χ2v) is 7.83. The number of aliphatic hydroxyl groups excluding tert-OH is 2. The van der Waals surface area contributed by atoms with Crippen LogP contribution < -0.4 is 0 Å². The van der Waals surface area contributed by atoms with Gasteiger partial charge in [-0.05, 0) is 18.3 Å². The summed E-state index contributed by atoms with van der Waals surface area (Å²) in [7, 11) is 0. The molecule has 0 amide bonds. The Balaban J connectivity index is 0. The van der Waals surface area contributed by atoms with Crippen LogP contribution in [0.15, 0.2) is 0 Å². The highest BCUT2D eigenvalue weighted by atomic mass is 16.3. The monoisotopic (exact) mass is 330 g/mol. The highest BCUT2D eigenvalue weighted by Gasteiger charge is 2.03. The third-order valence-corrected chi connectivity index (χ3v) is 4.09. The van der Waals surface area contributed by atoms with Gasteiger partial charge in [0.2, 0.25) is 0 Å². The molecule has 0 radical (unpaired) electrons. The summed E-state index contributed by atoms with van der Waals surface area (Å²) in [6.45, 7) is 10.9. The van der Waals surface area contributed by atoms with Gasteiger partial charge in [-0.3, -0.25) is 0 Å². The molecule has 0 rings (SSSR count). The van der Waals surface area contributed by atoms with E-state index in [2.05, 4.69) is 20.8 Å².